The van der Waals surface area contributed by atoms with Gasteiger partial charge in [-0.25, -0.2) is 4.98 Å². The predicted molar refractivity (Wildman–Crippen MR) is 97.3 cm³/mol. The lowest BCUT2D eigenvalue weighted by Gasteiger charge is -2.30. The van der Waals surface area contributed by atoms with E-state index < -0.39 is 0 Å². The van der Waals surface area contributed by atoms with Gasteiger partial charge in [0, 0.05) is 30.0 Å². The van der Waals surface area contributed by atoms with Gasteiger partial charge in [-0.15, -0.1) is 11.3 Å². The van der Waals surface area contributed by atoms with E-state index in [2.05, 4.69) is 16.9 Å². The van der Waals surface area contributed by atoms with Crippen molar-refractivity contribution in [2.24, 2.45) is 5.92 Å². The van der Waals surface area contributed by atoms with E-state index >= 15 is 0 Å². The predicted octanol–water partition coefficient (Wildman–Crippen LogP) is 2.88. The minimum absolute atomic E-state index is 0.0580. The van der Waals surface area contributed by atoms with Crippen LogP contribution in [0.5, 0.6) is 5.75 Å². The summed E-state index contributed by atoms with van der Waals surface area (Å²) in [6.07, 6.45) is 2.59. The maximum atomic E-state index is 12.4. The minimum Gasteiger partial charge on any atom is -0.508 e. The van der Waals surface area contributed by atoms with Crippen LogP contribution in [-0.2, 0) is 9.59 Å². The summed E-state index contributed by atoms with van der Waals surface area (Å²) < 4.78 is 0. The van der Waals surface area contributed by atoms with Crippen molar-refractivity contribution in [2.45, 2.75) is 12.8 Å². The van der Waals surface area contributed by atoms with Crippen LogP contribution in [0.3, 0.4) is 0 Å². The Labute approximate surface area is 149 Å². The number of carbonyl (C=O) groups excluding carboxylic acids is 2. The van der Waals surface area contributed by atoms with Gasteiger partial charge in [0.2, 0.25) is 11.8 Å². The number of benzene rings is 1. The van der Waals surface area contributed by atoms with Crippen molar-refractivity contribution in [3.05, 3.63) is 42.3 Å². The summed E-state index contributed by atoms with van der Waals surface area (Å²) in [7, 11) is 0. The van der Waals surface area contributed by atoms with Crippen molar-refractivity contribution < 1.29 is 14.7 Å². The molecule has 25 heavy (non-hydrogen) atoms. The Hall–Kier alpha value is -2.67. The van der Waals surface area contributed by atoms with Gasteiger partial charge in [-0.1, -0.05) is 6.58 Å². The number of thiazole rings is 1. The number of phenols is 1. The smallest absolute Gasteiger partial charge is 0.245 e. The molecular formula is C18H19N3O3S. The molecule has 1 aromatic carbocycles. The van der Waals surface area contributed by atoms with Crippen LogP contribution in [0.2, 0.25) is 0 Å². The molecule has 130 valence electrons. The molecule has 1 aromatic heterocycles. The quantitative estimate of drug-likeness (QED) is 0.824. The van der Waals surface area contributed by atoms with E-state index in [1.165, 1.54) is 17.4 Å². The Morgan fingerprint density at radius 1 is 1.28 bits per heavy atom. The molecule has 0 bridgehead atoms. The van der Waals surface area contributed by atoms with Crippen LogP contribution < -0.4 is 5.32 Å². The Bertz CT molecular complexity index is 777. The number of piperidine rings is 1. The third-order valence-corrected chi connectivity index (χ3v) is 5.01. The maximum absolute atomic E-state index is 12.4. The summed E-state index contributed by atoms with van der Waals surface area (Å²) in [4.78, 5) is 30.1. The standard InChI is InChI=1S/C18H19N3O3S/c1-2-16(23)21-9-7-13(8-10-21)17(24)20-18-19-15(11-25-18)12-3-5-14(22)6-4-12/h2-6,11,13,22H,1,7-10H2,(H,19,20,24). The first kappa shape index (κ1) is 17.2. The van der Waals surface area contributed by atoms with Crippen molar-refractivity contribution in [3.63, 3.8) is 0 Å². The van der Waals surface area contributed by atoms with E-state index in [0.717, 1.165) is 11.3 Å². The fraction of sp³-hybridized carbons (Fsp3) is 0.278. The summed E-state index contributed by atoms with van der Waals surface area (Å²) >= 11 is 1.37. The van der Waals surface area contributed by atoms with Crippen molar-refractivity contribution in [2.75, 3.05) is 18.4 Å². The molecule has 0 radical (unpaired) electrons. The molecule has 0 unspecified atom stereocenters. The van der Waals surface area contributed by atoms with E-state index in [9.17, 15) is 14.7 Å². The number of amides is 2. The molecule has 2 aromatic rings. The molecule has 1 fully saturated rings. The van der Waals surface area contributed by atoms with Gasteiger partial charge in [0.25, 0.3) is 0 Å². The summed E-state index contributed by atoms with van der Waals surface area (Å²) in [6, 6.07) is 6.77. The molecule has 2 heterocycles. The Morgan fingerprint density at radius 3 is 2.60 bits per heavy atom. The van der Waals surface area contributed by atoms with Crippen molar-refractivity contribution in [1.82, 2.24) is 9.88 Å². The third-order valence-electron chi connectivity index (χ3n) is 4.25. The zero-order chi connectivity index (χ0) is 17.8. The van der Waals surface area contributed by atoms with Crippen LogP contribution in [0.15, 0.2) is 42.3 Å². The summed E-state index contributed by atoms with van der Waals surface area (Å²) in [5.41, 5.74) is 1.64. The second-order valence-corrected chi connectivity index (χ2v) is 6.74. The van der Waals surface area contributed by atoms with Crippen LogP contribution in [0.1, 0.15) is 12.8 Å². The number of anilines is 1. The van der Waals surface area contributed by atoms with E-state index in [1.54, 1.807) is 29.2 Å². The Kier molecular flexibility index (Phi) is 5.14. The number of hydrogen-bond acceptors (Lipinski definition) is 5. The number of aromatic hydroxyl groups is 1. The van der Waals surface area contributed by atoms with E-state index in [-0.39, 0.29) is 23.5 Å². The number of aromatic nitrogens is 1. The molecule has 1 aliphatic heterocycles. The van der Waals surface area contributed by atoms with Gasteiger partial charge in [0.15, 0.2) is 5.13 Å². The van der Waals surface area contributed by atoms with Crippen molar-refractivity contribution >= 4 is 28.3 Å². The number of nitrogens with zero attached hydrogens (tertiary/aromatic N) is 2. The van der Waals surface area contributed by atoms with Gasteiger partial charge in [-0.3, -0.25) is 9.59 Å². The van der Waals surface area contributed by atoms with Gasteiger partial charge >= 0.3 is 0 Å². The topological polar surface area (TPSA) is 82.5 Å². The molecular weight excluding hydrogens is 338 g/mol. The first-order chi connectivity index (χ1) is 12.1. The summed E-state index contributed by atoms with van der Waals surface area (Å²) in [5.74, 6) is -0.0571. The fourth-order valence-electron chi connectivity index (χ4n) is 2.79. The molecule has 7 heteroatoms. The first-order valence-corrected chi connectivity index (χ1v) is 8.92. The third kappa shape index (κ3) is 4.06. The fourth-order valence-corrected chi connectivity index (χ4v) is 3.52. The van der Waals surface area contributed by atoms with Gasteiger partial charge in [-0.2, -0.15) is 0 Å². The van der Waals surface area contributed by atoms with Crippen molar-refractivity contribution in [3.8, 4) is 17.0 Å². The van der Waals surface area contributed by atoms with E-state index in [4.69, 9.17) is 0 Å². The van der Waals surface area contributed by atoms with Crippen LogP contribution in [0.4, 0.5) is 5.13 Å². The number of hydrogen-bond donors (Lipinski definition) is 2. The number of rotatable bonds is 4. The molecule has 0 atom stereocenters. The second-order valence-electron chi connectivity index (χ2n) is 5.88. The number of likely N-dealkylation sites (tertiary alicyclic amines) is 1. The van der Waals surface area contributed by atoms with Crippen LogP contribution in [0, 0.1) is 5.92 Å². The van der Waals surface area contributed by atoms with Crippen LogP contribution >= 0.6 is 11.3 Å². The van der Waals surface area contributed by atoms with Gasteiger partial charge in [0.1, 0.15) is 5.75 Å². The molecule has 0 spiro atoms. The lowest BCUT2D eigenvalue weighted by molar-refractivity contribution is -0.130. The normalized spacial score (nSPS) is 15.0. The lowest BCUT2D eigenvalue weighted by atomic mass is 9.96. The monoisotopic (exact) mass is 357 g/mol. The lowest BCUT2D eigenvalue weighted by Crippen LogP contribution is -2.40. The molecule has 0 aliphatic carbocycles. The zero-order valence-corrected chi connectivity index (χ0v) is 14.5. The molecule has 2 amide bonds. The van der Waals surface area contributed by atoms with Crippen LogP contribution in [-0.4, -0.2) is 39.9 Å². The highest BCUT2D eigenvalue weighted by atomic mass is 32.1. The van der Waals surface area contributed by atoms with Gasteiger partial charge in [-0.05, 0) is 43.2 Å². The minimum atomic E-state index is -0.116. The first-order valence-electron chi connectivity index (χ1n) is 8.04. The molecule has 6 nitrogen and oxygen atoms in total. The second kappa shape index (κ2) is 7.48. The highest BCUT2D eigenvalue weighted by Crippen LogP contribution is 2.27. The van der Waals surface area contributed by atoms with E-state index in [0.29, 0.717) is 31.1 Å². The molecule has 0 saturated carbocycles. The van der Waals surface area contributed by atoms with Gasteiger partial charge in [0.05, 0.1) is 5.69 Å². The van der Waals surface area contributed by atoms with Gasteiger partial charge < -0.3 is 15.3 Å². The Balaban J connectivity index is 1.58. The summed E-state index contributed by atoms with van der Waals surface area (Å²) in [5, 5.41) is 14.6. The molecule has 3 rings (SSSR count). The average molecular weight is 357 g/mol. The maximum Gasteiger partial charge on any atom is 0.245 e. The average Bonchev–Trinajstić information content (AvgIpc) is 3.10. The SMILES string of the molecule is C=CC(=O)N1CCC(C(=O)Nc2nc(-c3ccc(O)cc3)cs2)CC1. The highest BCUT2D eigenvalue weighted by Gasteiger charge is 2.26. The van der Waals surface area contributed by atoms with Crippen molar-refractivity contribution in [1.29, 1.82) is 0 Å². The molecule has 1 saturated heterocycles. The Morgan fingerprint density at radius 2 is 1.96 bits per heavy atom. The van der Waals surface area contributed by atoms with E-state index in [1.807, 2.05) is 5.38 Å². The van der Waals surface area contributed by atoms with Crippen LogP contribution in [0.25, 0.3) is 11.3 Å². The molecule has 2 N–H and O–H groups in total. The number of nitrogens with one attached hydrogen (secondary N) is 1. The number of phenolic OH excluding ortho intramolecular Hbond substituents is 1. The zero-order valence-electron chi connectivity index (χ0n) is 13.6. The number of carbonyl (C=O) groups is 2. The highest BCUT2D eigenvalue weighted by molar-refractivity contribution is 7.14. The largest absolute Gasteiger partial charge is 0.508 e. The summed E-state index contributed by atoms with van der Waals surface area (Å²) in [6.45, 7) is 4.62. The molecule has 1 aliphatic rings.